The van der Waals surface area contributed by atoms with Gasteiger partial charge in [0.1, 0.15) is 23.0 Å². The van der Waals surface area contributed by atoms with Gasteiger partial charge in [0.05, 0.1) is 6.04 Å². The quantitative estimate of drug-likeness (QED) is 0.870. The first-order chi connectivity index (χ1) is 8.22. The normalized spacial score (nSPS) is 12.4. The molecule has 5 nitrogen and oxygen atoms in total. The predicted molar refractivity (Wildman–Crippen MR) is 70.0 cm³/mol. The van der Waals surface area contributed by atoms with Crippen molar-refractivity contribution in [2.24, 2.45) is 0 Å². The molecule has 0 amide bonds. The summed E-state index contributed by atoms with van der Waals surface area (Å²) in [7, 11) is 0. The van der Waals surface area contributed by atoms with Crippen LogP contribution in [-0.2, 0) is 0 Å². The molecule has 0 aliphatic heterocycles. The van der Waals surface area contributed by atoms with E-state index in [1.54, 1.807) is 11.3 Å². The van der Waals surface area contributed by atoms with E-state index in [0.717, 1.165) is 22.8 Å². The highest BCUT2D eigenvalue weighted by Gasteiger charge is 2.14. The van der Waals surface area contributed by atoms with Crippen LogP contribution in [0.1, 0.15) is 30.0 Å². The van der Waals surface area contributed by atoms with Crippen LogP contribution in [0.15, 0.2) is 17.9 Å². The molecule has 17 heavy (non-hydrogen) atoms. The van der Waals surface area contributed by atoms with Crippen LogP contribution in [0.4, 0.5) is 11.6 Å². The van der Waals surface area contributed by atoms with E-state index in [-0.39, 0.29) is 6.04 Å². The molecule has 0 bridgehead atoms. The Hall–Kier alpha value is -1.69. The van der Waals surface area contributed by atoms with Crippen molar-refractivity contribution in [2.75, 3.05) is 11.1 Å². The van der Waals surface area contributed by atoms with E-state index in [0.29, 0.717) is 5.82 Å². The number of thiazole rings is 1. The molecule has 6 heteroatoms. The summed E-state index contributed by atoms with van der Waals surface area (Å²) in [5, 5.41) is 6.39. The van der Waals surface area contributed by atoms with Gasteiger partial charge in [-0.3, -0.25) is 0 Å². The fourth-order valence-corrected chi connectivity index (χ4v) is 2.29. The van der Waals surface area contributed by atoms with Crippen molar-refractivity contribution in [3.05, 3.63) is 28.5 Å². The molecule has 0 saturated heterocycles. The lowest BCUT2D eigenvalue weighted by Crippen LogP contribution is -2.12. The van der Waals surface area contributed by atoms with Crippen LogP contribution in [0.2, 0.25) is 0 Å². The predicted octanol–water partition coefficient (Wildman–Crippen LogP) is 2.39. The number of nitrogens with zero attached hydrogens (tertiary/aromatic N) is 3. The standard InChI is InChI=1S/C11H15N5S/c1-3-8(11-13-4-5-17-11)16-10-7(2)9(12)14-6-15-10/h4-6,8H,3H2,1-2H3,(H3,12,14,15,16). The Morgan fingerprint density at radius 2 is 2.24 bits per heavy atom. The molecule has 0 aromatic carbocycles. The summed E-state index contributed by atoms with van der Waals surface area (Å²) in [5.41, 5.74) is 6.63. The van der Waals surface area contributed by atoms with E-state index in [2.05, 4.69) is 27.2 Å². The molecular weight excluding hydrogens is 234 g/mol. The van der Waals surface area contributed by atoms with Gasteiger partial charge >= 0.3 is 0 Å². The first-order valence-electron chi connectivity index (χ1n) is 5.45. The van der Waals surface area contributed by atoms with Crippen LogP contribution in [0, 0.1) is 6.92 Å². The molecule has 2 aromatic heterocycles. The second-order valence-electron chi connectivity index (χ2n) is 3.71. The fourth-order valence-electron chi connectivity index (χ4n) is 1.52. The van der Waals surface area contributed by atoms with Gasteiger partial charge in [0.25, 0.3) is 0 Å². The zero-order chi connectivity index (χ0) is 12.3. The lowest BCUT2D eigenvalue weighted by atomic mass is 10.2. The first kappa shape index (κ1) is 11.8. The van der Waals surface area contributed by atoms with Crippen molar-refractivity contribution >= 4 is 23.0 Å². The number of rotatable bonds is 4. The third-order valence-electron chi connectivity index (χ3n) is 2.59. The van der Waals surface area contributed by atoms with Gasteiger partial charge in [0.15, 0.2) is 0 Å². The van der Waals surface area contributed by atoms with Crippen LogP contribution in [-0.4, -0.2) is 15.0 Å². The SMILES string of the molecule is CCC(Nc1ncnc(N)c1C)c1nccs1. The van der Waals surface area contributed by atoms with Gasteiger partial charge in [-0.2, -0.15) is 0 Å². The summed E-state index contributed by atoms with van der Waals surface area (Å²) in [5.74, 6) is 1.29. The molecule has 1 atom stereocenters. The maximum Gasteiger partial charge on any atom is 0.134 e. The topological polar surface area (TPSA) is 76.7 Å². The van der Waals surface area contributed by atoms with Crippen LogP contribution in [0.5, 0.6) is 0 Å². The van der Waals surface area contributed by atoms with Crippen LogP contribution in [0.3, 0.4) is 0 Å². The minimum Gasteiger partial charge on any atom is -0.383 e. The molecular formula is C11H15N5S. The van der Waals surface area contributed by atoms with Crippen molar-refractivity contribution in [3.8, 4) is 0 Å². The minimum absolute atomic E-state index is 0.169. The minimum atomic E-state index is 0.169. The summed E-state index contributed by atoms with van der Waals surface area (Å²) in [6.45, 7) is 4.02. The van der Waals surface area contributed by atoms with Crippen LogP contribution in [0.25, 0.3) is 0 Å². The second-order valence-corrected chi connectivity index (χ2v) is 4.63. The Kier molecular flexibility index (Phi) is 3.53. The molecule has 2 heterocycles. The van der Waals surface area contributed by atoms with Crippen molar-refractivity contribution < 1.29 is 0 Å². The number of aromatic nitrogens is 3. The lowest BCUT2D eigenvalue weighted by Gasteiger charge is -2.16. The monoisotopic (exact) mass is 249 g/mol. The maximum atomic E-state index is 5.75. The Balaban J connectivity index is 2.22. The molecule has 2 rings (SSSR count). The van der Waals surface area contributed by atoms with E-state index in [4.69, 9.17) is 5.73 Å². The number of anilines is 2. The average molecular weight is 249 g/mol. The van der Waals surface area contributed by atoms with Crippen LogP contribution >= 0.6 is 11.3 Å². The highest BCUT2D eigenvalue weighted by Crippen LogP contribution is 2.25. The number of hydrogen-bond acceptors (Lipinski definition) is 6. The Labute approximate surface area is 104 Å². The second kappa shape index (κ2) is 5.09. The summed E-state index contributed by atoms with van der Waals surface area (Å²) >= 11 is 1.64. The third kappa shape index (κ3) is 2.52. The molecule has 0 radical (unpaired) electrons. The summed E-state index contributed by atoms with van der Waals surface area (Å²) in [6.07, 6.45) is 4.22. The van der Waals surface area contributed by atoms with E-state index < -0.39 is 0 Å². The average Bonchev–Trinajstić information content (AvgIpc) is 2.85. The molecule has 90 valence electrons. The molecule has 0 aliphatic rings. The molecule has 3 N–H and O–H groups in total. The Morgan fingerprint density at radius 3 is 2.88 bits per heavy atom. The Bertz CT molecular complexity index is 483. The molecule has 0 fully saturated rings. The zero-order valence-electron chi connectivity index (χ0n) is 9.84. The van der Waals surface area contributed by atoms with Crippen molar-refractivity contribution in [1.29, 1.82) is 0 Å². The highest BCUT2D eigenvalue weighted by molar-refractivity contribution is 7.09. The van der Waals surface area contributed by atoms with E-state index in [9.17, 15) is 0 Å². The first-order valence-corrected chi connectivity index (χ1v) is 6.33. The van der Waals surface area contributed by atoms with E-state index >= 15 is 0 Å². The van der Waals surface area contributed by atoms with Gasteiger partial charge in [-0.1, -0.05) is 6.92 Å². The van der Waals surface area contributed by atoms with Crippen LogP contribution < -0.4 is 11.1 Å². The van der Waals surface area contributed by atoms with Gasteiger partial charge in [0, 0.05) is 17.1 Å². The maximum absolute atomic E-state index is 5.75. The summed E-state index contributed by atoms with van der Waals surface area (Å²) in [4.78, 5) is 12.5. The lowest BCUT2D eigenvalue weighted by molar-refractivity contribution is 0.735. The van der Waals surface area contributed by atoms with Gasteiger partial charge in [-0.05, 0) is 13.3 Å². The summed E-state index contributed by atoms with van der Waals surface area (Å²) < 4.78 is 0. The van der Waals surface area contributed by atoms with Gasteiger partial charge < -0.3 is 11.1 Å². The smallest absolute Gasteiger partial charge is 0.134 e. The molecule has 2 aromatic rings. The van der Waals surface area contributed by atoms with Crippen molar-refractivity contribution in [2.45, 2.75) is 26.3 Å². The highest BCUT2D eigenvalue weighted by atomic mass is 32.1. The zero-order valence-corrected chi connectivity index (χ0v) is 10.7. The Morgan fingerprint density at radius 1 is 1.41 bits per heavy atom. The van der Waals surface area contributed by atoms with E-state index in [1.165, 1.54) is 6.33 Å². The van der Waals surface area contributed by atoms with E-state index in [1.807, 2.05) is 18.5 Å². The number of hydrogen-bond donors (Lipinski definition) is 2. The summed E-state index contributed by atoms with van der Waals surface area (Å²) in [6, 6.07) is 0.169. The largest absolute Gasteiger partial charge is 0.383 e. The molecule has 1 unspecified atom stereocenters. The molecule has 0 aliphatic carbocycles. The number of nitrogens with one attached hydrogen (secondary N) is 1. The number of nitrogens with two attached hydrogens (primary N) is 1. The molecule has 0 spiro atoms. The molecule has 0 saturated carbocycles. The van der Waals surface area contributed by atoms with Crippen molar-refractivity contribution in [1.82, 2.24) is 15.0 Å². The fraction of sp³-hybridized carbons (Fsp3) is 0.364. The van der Waals surface area contributed by atoms with Gasteiger partial charge in [-0.15, -0.1) is 11.3 Å². The van der Waals surface area contributed by atoms with Crippen molar-refractivity contribution in [3.63, 3.8) is 0 Å². The number of nitrogen functional groups attached to an aromatic ring is 1. The third-order valence-corrected chi connectivity index (χ3v) is 3.48. The van der Waals surface area contributed by atoms with Gasteiger partial charge in [-0.25, -0.2) is 15.0 Å². The van der Waals surface area contributed by atoms with Gasteiger partial charge in [0.2, 0.25) is 0 Å².